The Morgan fingerprint density at radius 1 is 0.297 bits per heavy atom. The van der Waals surface area contributed by atoms with Crippen molar-refractivity contribution < 1.29 is 24.5 Å². The van der Waals surface area contributed by atoms with E-state index in [9.17, 15) is 19.8 Å². The summed E-state index contributed by atoms with van der Waals surface area (Å²) in [7, 11) is 0. The highest BCUT2D eigenvalue weighted by Crippen LogP contribution is 2.21. The smallest absolute Gasteiger partial charge is 0.305 e. The van der Waals surface area contributed by atoms with E-state index in [-0.39, 0.29) is 18.5 Å². The van der Waals surface area contributed by atoms with Crippen molar-refractivity contribution in [1.82, 2.24) is 5.32 Å². The third-order valence-electron chi connectivity index (χ3n) is 20.3. The topological polar surface area (TPSA) is 95.9 Å². The Labute approximate surface area is 571 Å². The number of allylic oxidation sites excluding steroid dienone is 2. The predicted octanol–water partition coefficient (Wildman–Crippen LogP) is 28.2. The van der Waals surface area contributed by atoms with Crippen LogP contribution in [0.25, 0.3) is 0 Å². The minimum Gasteiger partial charge on any atom is -0.466 e. The fourth-order valence-corrected chi connectivity index (χ4v) is 13.9. The second-order valence-corrected chi connectivity index (χ2v) is 29.5. The maximum atomic E-state index is 12.6. The summed E-state index contributed by atoms with van der Waals surface area (Å²) in [6, 6.07) is -0.538. The standard InChI is InChI=1S/C85H167NO5/c1-3-5-7-9-11-13-15-17-19-20-21-22-23-37-40-43-46-50-53-57-61-65-69-73-77-83(88)82(81-87)86-84(89)78-74-70-66-62-58-54-51-47-44-41-38-35-33-31-29-27-25-24-26-28-30-32-34-36-39-42-45-48-52-56-60-64-68-72-76-80-91-85(90)79-75-71-67-63-59-55-49-18-16-14-12-10-8-6-4-2/h18,49,82-83,87-88H,3-17,19-48,50-81H2,1-2H3,(H,86,89)/b49-18-. The summed E-state index contributed by atoms with van der Waals surface area (Å²) in [4.78, 5) is 24.7. The number of unbranched alkanes of at least 4 members (excludes halogenated alkanes) is 68. The maximum absolute atomic E-state index is 12.6. The minimum atomic E-state index is -0.662. The number of carbonyl (C=O) groups excluding carboxylic acids is 2. The molecule has 2 unspecified atom stereocenters. The Bertz CT molecular complexity index is 1380. The first-order valence-corrected chi connectivity index (χ1v) is 42.4. The summed E-state index contributed by atoms with van der Waals surface area (Å²) < 4.78 is 5.50. The van der Waals surface area contributed by atoms with Gasteiger partial charge in [-0.05, 0) is 51.4 Å². The number of carbonyl (C=O) groups is 2. The number of amides is 1. The average Bonchev–Trinajstić information content (AvgIpc) is 3.75. The fraction of sp³-hybridized carbons (Fsp3) is 0.953. The summed E-state index contributed by atoms with van der Waals surface area (Å²) >= 11 is 0. The van der Waals surface area contributed by atoms with Crippen molar-refractivity contribution in [3.8, 4) is 0 Å². The van der Waals surface area contributed by atoms with Gasteiger partial charge in [-0.25, -0.2) is 0 Å². The van der Waals surface area contributed by atoms with Crippen LogP contribution in [0.1, 0.15) is 495 Å². The molecule has 6 nitrogen and oxygen atoms in total. The number of hydrogen-bond donors (Lipinski definition) is 3. The largest absolute Gasteiger partial charge is 0.466 e. The van der Waals surface area contributed by atoms with Gasteiger partial charge in [-0.3, -0.25) is 9.59 Å². The van der Waals surface area contributed by atoms with E-state index in [1.807, 2.05) is 0 Å². The third kappa shape index (κ3) is 77.5. The number of aliphatic hydroxyl groups excluding tert-OH is 2. The summed E-state index contributed by atoms with van der Waals surface area (Å²) in [5.74, 6) is -0.00708. The Hall–Kier alpha value is -1.40. The van der Waals surface area contributed by atoms with E-state index in [0.717, 1.165) is 44.9 Å². The van der Waals surface area contributed by atoms with Crippen LogP contribution in [-0.2, 0) is 14.3 Å². The van der Waals surface area contributed by atoms with E-state index in [4.69, 9.17) is 4.74 Å². The van der Waals surface area contributed by atoms with Crippen molar-refractivity contribution in [3.63, 3.8) is 0 Å². The third-order valence-corrected chi connectivity index (χ3v) is 20.3. The Balaban J connectivity index is 3.31. The van der Waals surface area contributed by atoms with Gasteiger partial charge in [-0.15, -0.1) is 0 Å². The molecule has 3 N–H and O–H groups in total. The average molecular weight is 1280 g/mol. The van der Waals surface area contributed by atoms with Crippen molar-refractivity contribution in [1.29, 1.82) is 0 Å². The first-order chi connectivity index (χ1) is 45.0. The van der Waals surface area contributed by atoms with Crippen LogP contribution in [0.4, 0.5) is 0 Å². The lowest BCUT2D eigenvalue weighted by atomic mass is 10.0. The van der Waals surface area contributed by atoms with Gasteiger partial charge in [0.25, 0.3) is 0 Å². The van der Waals surface area contributed by atoms with Crippen LogP contribution in [0.2, 0.25) is 0 Å². The Morgan fingerprint density at radius 3 is 0.780 bits per heavy atom. The first kappa shape index (κ1) is 89.6. The van der Waals surface area contributed by atoms with Crippen LogP contribution in [-0.4, -0.2) is 47.4 Å². The zero-order valence-electron chi connectivity index (χ0n) is 62.4. The molecule has 2 atom stereocenters. The van der Waals surface area contributed by atoms with E-state index in [2.05, 4.69) is 31.3 Å². The number of esters is 1. The highest BCUT2D eigenvalue weighted by atomic mass is 16.5. The monoisotopic (exact) mass is 1280 g/mol. The van der Waals surface area contributed by atoms with Crippen LogP contribution >= 0.6 is 0 Å². The fourth-order valence-electron chi connectivity index (χ4n) is 13.9. The van der Waals surface area contributed by atoms with Gasteiger partial charge in [0, 0.05) is 12.8 Å². The molecule has 0 spiro atoms. The zero-order valence-corrected chi connectivity index (χ0v) is 62.4. The first-order valence-electron chi connectivity index (χ1n) is 42.4. The molecule has 6 heteroatoms. The summed E-state index contributed by atoms with van der Waals surface area (Å²) in [6.07, 6.45) is 103. The lowest BCUT2D eigenvalue weighted by Gasteiger charge is -2.22. The molecule has 0 rings (SSSR count). The molecule has 0 saturated carbocycles. The quantitative estimate of drug-likeness (QED) is 0.0320. The predicted molar refractivity (Wildman–Crippen MR) is 403 cm³/mol. The number of aliphatic hydroxyl groups is 2. The van der Waals surface area contributed by atoms with Crippen molar-refractivity contribution in [2.24, 2.45) is 0 Å². The van der Waals surface area contributed by atoms with Crippen LogP contribution in [0.15, 0.2) is 12.2 Å². The molecular weight excluding hydrogens is 1110 g/mol. The summed E-state index contributed by atoms with van der Waals surface area (Å²) in [6.45, 7) is 5.01. The lowest BCUT2D eigenvalue weighted by Crippen LogP contribution is -2.45. The van der Waals surface area contributed by atoms with Crippen LogP contribution < -0.4 is 5.32 Å². The normalized spacial score (nSPS) is 12.4. The number of ether oxygens (including phenoxy) is 1. The molecule has 91 heavy (non-hydrogen) atoms. The molecule has 0 bridgehead atoms. The van der Waals surface area contributed by atoms with E-state index in [1.54, 1.807) is 0 Å². The van der Waals surface area contributed by atoms with E-state index >= 15 is 0 Å². The van der Waals surface area contributed by atoms with Crippen LogP contribution in [0.5, 0.6) is 0 Å². The molecule has 0 aromatic rings. The highest BCUT2D eigenvalue weighted by Gasteiger charge is 2.20. The molecule has 0 saturated heterocycles. The SMILES string of the molecule is CCCCCCCC/C=C\CCCCCCCC(=O)OCCCCCCCCCCCCCCCCCCCCCCCCCCCCCCCCCCCCCC(=O)NC(CO)C(O)CCCCCCCCCCCCCCCCCCCCCCCCCC. The van der Waals surface area contributed by atoms with Gasteiger partial charge < -0.3 is 20.3 Å². The van der Waals surface area contributed by atoms with Gasteiger partial charge in [0.15, 0.2) is 0 Å². The zero-order chi connectivity index (χ0) is 65.6. The van der Waals surface area contributed by atoms with Crippen LogP contribution in [0, 0.1) is 0 Å². The van der Waals surface area contributed by atoms with Gasteiger partial charge in [0.05, 0.1) is 25.4 Å². The lowest BCUT2D eigenvalue weighted by molar-refractivity contribution is -0.143. The number of nitrogens with one attached hydrogen (secondary N) is 1. The van der Waals surface area contributed by atoms with E-state index in [0.29, 0.717) is 25.9 Å². The summed E-state index contributed by atoms with van der Waals surface area (Å²) in [5, 5.41) is 23.5. The van der Waals surface area contributed by atoms with E-state index in [1.165, 1.54) is 417 Å². The van der Waals surface area contributed by atoms with Gasteiger partial charge >= 0.3 is 5.97 Å². The van der Waals surface area contributed by atoms with Crippen molar-refractivity contribution in [3.05, 3.63) is 12.2 Å². The summed E-state index contributed by atoms with van der Waals surface area (Å²) in [5.41, 5.74) is 0. The van der Waals surface area contributed by atoms with Crippen LogP contribution in [0.3, 0.4) is 0 Å². The molecule has 0 aliphatic rings. The molecule has 0 radical (unpaired) electrons. The molecule has 0 aromatic carbocycles. The Morgan fingerprint density at radius 2 is 0.516 bits per heavy atom. The van der Waals surface area contributed by atoms with Gasteiger partial charge in [-0.2, -0.15) is 0 Å². The van der Waals surface area contributed by atoms with Gasteiger partial charge in [-0.1, -0.05) is 443 Å². The van der Waals surface area contributed by atoms with Crippen molar-refractivity contribution >= 4 is 11.9 Å². The second kappa shape index (κ2) is 81.0. The van der Waals surface area contributed by atoms with Crippen molar-refractivity contribution in [2.75, 3.05) is 13.2 Å². The maximum Gasteiger partial charge on any atom is 0.305 e. The van der Waals surface area contributed by atoms with Crippen molar-refractivity contribution in [2.45, 2.75) is 508 Å². The second-order valence-electron chi connectivity index (χ2n) is 29.5. The highest BCUT2D eigenvalue weighted by molar-refractivity contribution is 5.76. The molecule has 0 fully saturated rings. The molecule has 0 aliphatic carbocycles. The molecule has 0 heterocycles. The Kier molecular flexibility index (Phi) is 79.8. The molecular formula is C85H167NO5. The minimum absolute atomic E-state index is 0.0160. The van der Waals surface area contributed by atoms with Gasteiger partial charge in [0.2, 0.25) is 5.91 Å². The number of rotatable bonds is 81. The molecule has 542 valence electrons. The van der Waals surface area contributed by atoms with Gasteiger partial charge in [0.1, 0.15) is 0 Å². The van der Waals surface area contributed by atoms with E-state index < -0.39 is 12.1 Å². The molecule has 1 amide bonds. The molecule has 0 aliphatic heterocycles. The number of hydrogen-bond acceptors (Lipinski definition) is 5. The molecule has 0 aromatic heterocycles.